The molecule has 0 spiro atoms. The molecular weight excluding hydrogens is 160 g/mol. The van der Waals surface area contributed by atoms with Gasteiger partial charge in [-0.25, -0.2) is 0 Å². The molecule has 2 N–H and O–H groups in total. The third-order valence-electron chi connectivity index (χ3n) is 2.09. The van der Waals surface area contributed by atoms with Crippen LogP contribution in [0.5, 0.6) is 0 Å². The number of allylic oxidation sites excluding steroid dienone is 2. The van der Waals surface area contributed by atoms with Gasteiger partial charge in [0.25, 0.3) is 0 Å². The zero-order valence-electron chi connectivity index (χ0n) is 8.69. The van der Waals surface area contributed by atoms with Gasteiger partial charge in [-0.3, -0.25) is 0 Å². The summed E-state index contributed by atoms with van der Waals surface area (Å²) in [4.78, 5) is 0. The molecule has 0 atom stereocenters. The van der Waals surface area contributed by atoms with Crippen molar-refractivity contribution in [2.24, 2.45) is 0 Å². The van der Waals surface area contributed by atoms with E-state index in [2.05, 4.69) is 36.6 Å². The lowest BCUT2D eigenvalue weighted by Gasteiger charge is -2.10. The summed E-state index contributed by atoms with van der Waals surface area (Å²) in [7, 11) is 0. The lowest BCUT2D eigenvalue weighted by molar-refractivity contribution is 0.720. The molecule has 0 aromatic carbocycles. The van der Waals surface area contributed by atoms with Crippen molar-refractivity contribution in [3.05, 3.63) is 23.5 Å². The van der Waals surface area contributed by atoms with Crippen LogP contribution in [-0.4, -0.2) is 13.1 Å². The fourth-order valence-electron chi connectivity index (χ4n) is 1.37. The Kier molecular flexibility index (Phi) is 4.44. The summed E-state index contributed by atoms with van der Waals surface area (Å²) in [6.45, 7) is 6.52. The minimum atomic E-state index is 1.06. The molecule has 0 aromatic heterocycles. The van der Waals surface area contributed by atoms with E-state index in [1.54, 1.807) is 0 Å². The van der Waals surface area contributed by atoms with E-state index >= 15 is 0 Å². The summed E-state index contributed by atoms with van der Waals surface area (Å²) in [6.07, 6.45) is 7.80. The first kappa shape index (κ1) is 10.2. The highest BCUT2D eigenvalue weighted by Gasteiger charge is 2.06. The van der Waals surface area contributed by atoms with Crippen LogP contribution in [0.15, 0.2) is 23.5 Å². The predicted octanol–water partition coefficient (Wildman–Crippen LogP) is 2.16. The molecule has 1 aliphatic rings. The van der Waals surface area contributed by atoms with E-state index in [1.807, 2.05) is 0 Å². The molecule has 0 radical (unpaired) electrons. The largest absolute Gasteiger partial charge is 0.386 e. The number of nitrogens with one attached hydrogen (secondary N) is 2. The molecule has 0 aliphatic heterocycles. The maximum atomic E-state index is 3.44. The molecule has 0 heterocycles. The smallest absolute Gasteiger partial charge is 0.0533 e. The minimum Gasteiger partial charge on any atom is -0.386 e. The Balaban J connectivity index is 2.39. The Morgan fingerprint density at radius 1 is 1.15 bits per heavy atom. The van der Waals surface area contributed by atoms with E-state index in [9.17, 15) is 0 Å². The van der Waals surface area contributed by atoms with Gasteiger partial charge in [-0.05, 0) is 18.9 Å². The second kappa shape index (κ2) is 5.68. The van der Waals surface area contributed by atoms with Crippen molar-refractivity contribution in [3.8, 4) is 0 Å². The molecule has 74 valence electrons. The molecule has 2 nitrogen and oxygen atoms in total. The first-order valence-corrected chi connectivity index (χ1v) is 5.26. The monoisotopic (exact) mass is 180 g/mol. The van der Waals surface area contributed by atoms with Crippen LogP contribution in [-0.2, 0) is 0 Å². The Morgan fingerprint density at radius 3 is 2.54 bits per heavy atom. The molecule has 0 saturated heterocycles. The van der Waals surface area contributed by atoms with Gasteiger partial charge in [0.15, 0.2) is 0 Å². The summed E-state index contributed by atoms with van der Waals surface area (Å²) in [5, 5.41) is 6.87. The average molecular weight is 180 g/mol. The topological polar surface area (TPSA) is 24.1 Å². The molecule has 0 unspecified atom stereocenters. The van der Waals surface area contributed by atoms with Gasteiger partial charge in [0.05, 0.1) is 5.70 Å². The van der Waals surface area contributed by atoms with Crippen molar-refractivity contribution >= 4 is 0 Å². The van der Waals surface area contributed by atoms with Gasteiger partial charge in [0, 0.05) is 25.2 Å². The molecule has 0 bridgehead atoms. The molecule has 0 aromatic rings. The van der Waals surface area contributed by atoms with E-state index in [0.29, 0.717) is 0 Å². The second-order valence-corrected chi connectivity index (χ2v) is 3.35. The van der Waals surface area contributed by atoms with E-state index < -0.39 is 0 Å². The van der Waals surface area contributed by atoms with Crippen molar-refractivity contribution in [2.75, 3.05) is 13.1 Å². The van der Waals surface area contributed by atoms with E-state index in [-0.39, 0.29) is 0 Å². The van der Waals surface area contributed by atoms with Crippen LogP contribution in [0.2, 0.25) is 0 Å². The summed E-state index contributed by atoms with van der Waals surface area (Å²) in [5.41, 5.74) is 2.64. The second-order valence-electron chi connectivity index (χ2n) is 3.35. The molecule has 1 aliphatic carbocycles. The van der Waals surface area contributed by atoms with Crippen LogP contribution < -0.4 is 10.6 Å². The highest BCUT2D eigenvalue weighted by atomic mass is 15.0. The molecule has 0 fully saturated rings. The van der Waals surface area contributed by atoms with Crippen LogP contribution >= 0.6 is 0 Å². The van der Waals surface area contributed by atoms with Crippen molar-refractivity contribution in [1.29, 1.82) is 0 Å². The number of hydrogen-bond donors (Lipinski definition) is 2. The van der Waals surface area contributed by atoms with Gasteiger partial charge in [0.1, 0.15) is 0 Å². The van der Waals surface area contributed by atoms with E-state index in [0.717, 1.165) is 19.5 Å². The van der Waals surface area contributed by atoms with Gasteiger partial charge in [-0.1, -0.05) is 19.9 Å². The zero-order valence-corrected chi connectivity index (χ0v) is 8.69. The van der Waals surface area contributed by atoms with E-state index in [1.165, 1.54) is 24.2 Å². The SMILES string of the molecule is CCCNC1=C(NCCC)CC=C1. The van der Waals surface area contributed by atoms with Crippen LogP contribution in [0.1, 0.15) is 33.1 Å². The summed E-state index contributed by atoms with van der Waals surface area (Å²) in [5.74, 6) is 0. The maximum Gasteiger partial charge on any atom is 0.0533 e. The predicted molar refractivity (Wildman–Crippen MR) is 57.4 cm³/mol. The fraction of sp³-hybridized carbons (Fsp3) is 0.636. The standard InChI is InChI=1S/C11H20N2/c1-3-8-12-10-6-5-7-11(10)13-9-4-2/h5-6,12-13H,3-4,7-9H2,1-2H3. The molecule has 0 saturated carbocycles. The first-order chi connectivity index (χ1) is 6.38. The van der Waals surface area contributed by atoms with Crippen LogP contribution in [0.25, 0.3) is 0 Å². The number of rotatable bonds is 6. The third-order valence-corrected chi connectivity index (χ3v) is 2.09. The lowest BCUT2D eigenvalue weighted by Crippen LogP contribution is -2.20. The molecule has 2 heteroatoms. The Bertz CT molecular complexity index is 204. The summed E-state index contributed by atoms with van der Waals surface area (Å²) < 4.78 is 0. The van der Waals surface area contributed by atoms with Crippen LogP contribution in [0.4, 0.5) is 0 Å². The van der Waals surface area contributed by atoms with Gasteiger partial charge in [-0.15, -0.1) is 0 Å². The Labute approximate surface area is 81.1 Å². The zero-order chi connectivity index (χ0) is 9.52. The van der Waals surface area contributed by atoms with Crippen LogP contribution in [0.3, 0.4) is 0 Å². The normalized spacial score (nSPS) is 15.2. The lowest BCUT2D eigenvalue weighted by atomic mass is 10.3. The summed E-state index contributed by atoms with van der Waals surface area (Å²) >= 11 is 0. The number of hydrogen-bond acceptors (Lipinski definition) is 2. The molecule has 1 rings (SSSR count). The van der Waals surface area contributed by atoms with Crippen molar-refractivity contribution in [2.45, 2.75) is 33.1 Å². The van der Waals surface area contributed by atoms with E-state index in [4.69, 9.17) is 0 Å². The maximum absolute atomic E-state index is 3.44. The fourth-order valence-corrected chi connectivity index (χ4v) is 1.37. The van der Waals surface area contributed by atoms with Crippen LogP contribution in [0, 0.1) is 0 Å². The van der Waals surface area contributed by atoms with Gasteiger partial charge in [0.2, 0.25) is 0 Å². The first-order valence-electron chi connectivity index (χ1n) is 5.26. The van der Waals surface area contributed by atoms with Crippen molar-refractivity contribution in [1.82, 2.24) is 10.6 Å². The molecule has 13 heavy (non-hydrogen) atoms. The Morgan fingerprint density at radius 2 is 1.85 bits per heavy atom. The molecular formula is C11H20N2. The highest BCUT2D eigenvalue weighted by Crippen LogP contribution is 2.13. The van der Waals surface area contributed by atoms with Crippen molar-refractivity contribution < 1.29 is 0 Å². The Hall–Kier alpha value is -0.920. The van der Waals surface area contributed by atoms with Gasteiger partial charge < -0.3 is 10.6 Å². The van der Waals surface area contributed by atoms with Crippen molar-refractivity contribution in [3.63, 3.8) is 0 Å². The third kappa shape index (κ3) is 3.13. The summed E-state index contributed by atoms with van der Waals surface area (Å²) in [6, 6.07) is 0. The van der Waals surface area contributed by atoms with Gasteiger partial charge >= 0.3 is 0 Å². The van der Waals surface area contributed by atoms with Gasteiger partial charge in [-0.2, -0.15) is 0 Å². The average Bonchev–Trinajstić information content (AvgIpc) is 2.59. The minimum absolute atomic E-state index is 1.06. The molecule has 0 amide bonds. The quantitative estimate of drug-likeness (QED) is 0.654. The highest BCUT2D eigenvalue weighted by molar-refractivity contribution is 5.31.